The molecule has 0 aliphatic heterocycles. The van der Waals surface area contributed by atoms with Gasteiger partial charge in [-0.1, -0.05) is 12.1 Å². The SMILES string of the molecule is C=CCc1ccc2sc(CNC(=O)O)nc2c1. The molecular formula is C12H12N2O2S. The van der Waals surface area contributed by atoms with Gasteiger partial charge in [-0.15, -0.1) is 17.9 Å². The van der Waals surface area contributed by atoms with Crippen molar-refractivity contribution in [1.29, 1.82) is 0 Å². The number of rotatable bonds is 4. The van der Waals surface area contributed by atoms with Crippen LogP contribution in [-0.4, -0.2) is 16.2 Å². The zero-order chi connectivity index (χ0) is 12.3. The fraction of sp³-hybridized carbons (Fsp3) is 0.167. The van der Waals surface area contributed by atoms with Crippen molar-refractivity contribution in [3.8, 4) is 0 Å². The minimum atomic E-state index is -1.03. The van der Waals surface area contributed by atoms with Crippen molar-refractivity contribution >= 4 is 27.6 Å². The van der Waals surface area contributed by atoms with Crippen LogP contribution in [0.4, 0.5) is 4.79 Å². The molecule has 1 aromatic carbocycles. The van der Waals surface area contributed by atoms with Gasteiger partial charge in [0.15, 0.2) is 0 Å². The van der Waals surface area contributed by atoms with Gasteiger partial charge in [0.05, 0.1) is 16.8 Å². The lowest BCUT2D eigenvalue weighted by atomic mass is 10.1. The molecule has 1 amide bonds. The first-order valence-electron chi connectivity index (χ1n) is 5.15. The highest BCUT2D eigenvalue weighted by Gasteiger charge is 2.05. The van der Waals surface area contributed by atoms with E-state index in [4.69, 9.17) is 5.11 Å². The Bertz CT molecular complexity index is 563. The lowest BCUT2D eigenvalue weighted by molar-refractivity contribution is 0.194. The van der Waals surface area contributed by atoms with Crippen LogP contribution in [0.15, 0.2) is 30.9 Å². The Labute approximate surface area is 103 Å². The van der Waals surface area contributed by atoms with Gasteiger partial charge in [-0.3, -0.25) is 0 Å². The first-order valence-corrected chi connectivity index (χ1v) is 5.96. The molecule has 0 radical (unpaired) electrons. The van der Waals surface area contributed by atoms with Crippen LogP contribution in [0.2, 0.25) is 0 Å². The number of carboxylic acid groups (broad SMARTS) is 1. The highest BCUT2D eigenvalue weighted by Crippen LogP contribution is 2.23. The smallest absolute Gasteiger partial charge is 0.405 e. The second-order valence-electron chi connectivity index (χ2n) is 3.56. The third-order valence-corrected chi connectivity index (χ3v) is 3.30. The summed E-state index contributed by atoms with van der Waals surface area (Å²) in [6.45, 7) is 3.95. The Morgan fingerprint density at radius 3 is 3.12 bits per heavy atom. The average molecular weight is 248 g/mol. The van der Waals surface area contributed by atoms with Crippen LogP contribution in [-0.2, 0) is 13.0 Å². The zero-order valence-corrected chi connectivity index (χ0v) is 9.96. The van der Waals surface area contributed by atoms with Gasteiger partial charge in [0.1, 0.15) is 5.01 Å². The van der Waals surface area contributed by atoms with Gasteiger partial charge in [-0.05, 0) is 24.1 Å². The molecule has 0 spiro atoms. The molecule has 5 heteroatoms. The molecule has 0 saturated carbocycles. The number of benzene rings is 1. The molecule has 0 aliphatic carbocycles. The predicted molar refractivity (Wildman–Crippen MR) is 68.4 cm³/mol. The van der Waals surface area contributed by atoms with Gasteiger partial charge in [0, 0.05) is 0 Å². The van der Waals surface area contributed by atoms with E-state index in [9.17, 15) is 4.79 Å². The molecule has 0 atom stereocenters. The van der Waals surface area contributed by atoms with Gasteiger partial charge in [-0.25, -0.2) is 9.78 Å². The van der Waals surface area contributed by atoms with Crippen LogP contribution < -0.4 is 5.32 Å². The highest BCUT2D eigenvalue weighted by molar-refractivity contribution is 7.18. The minimum Gasteiger partial charge on any atom is -0.465 e. The second kappa shape index (κ2) is 4.97. The van der Waals surface area contributed by atoms with Crippen LogP contribution in [0.3, 0.4) is 0 Å². The Kier molecular flexibility index (Phi) is 3.39. The molecule has 0 saturated heterocycles. The summed E-state index contributed by atoms with van der Waals surface area (Å²) in [5.41, 5.74) is 2.08. The molecule has 88 valence electrons. The summed E-state index contributed by atoms with van der Waals surface area (Å²) >= 11 is 1.50. The fourth-order valence-electron chi connectivity index (χ4n) is 1.54. The summed E-state index contributed by atoms with van der Waals surface area (Å²) in [6.07, 6.45) is 1.63. The molecule has 2 rings (SSSR count). The van der Waals surface area contributed by atoms with E-state index in [1.807, 2.05) is 24.3 Å². The van der Waals surface area contributed by atoms with E-state index in [1.54, 1.807) is 0 Å². The number of hydrogen-bond acceptors (Lipinski definition) is 3. The van der Waals surface area contributed by atoms with Crippen LogP contribution in [0.1, 0.15) is 10.6 Å². The first-order chi connectivity index (χ1) is 8.19. The number of amides is 1. The Balaban J connectivity index is 2.23. The number of fused-ring (bicyclic) bond motifs is 1. The van der Waals surface area contributed by atoms with E-state index in [0.717, 1.165) is 27.2 Å². The second-order valence-corrected chi connectivity index (χ2v) is 4.68. The Morgan fingerprint density at radius 2 is 2.41 bits per heavy atom. The zero-order valence-electron chi connectivity index (χ0n) is 9.14. The van der Waals surface area contributed by atoms with E-state index in [-0.39, 0.29) is 6.54 Å². The van der Waals surface area contributed by atoms with Gasteiger partial charge in [-0.2, -0.15) is 0 Å². The van der Waals surface area contributed by atoms with E-state index in [0.29, 0.717) is 0 Å². The van der Waals surface area contributed by atoms with E-state index in [2.05, 4.69) is 16.9 Å². The third kappa shape index (κ3) is 2.82. The predicted octanol–water partition coefficient (Wildman–Crippen LogP) is 2.79. The van der Waals surface area contributed by atoms with E-state index in [1.165, 1.54) is 11.3 Å². The molecule has 1 heterocycles. The Morgan fingerprint density at radius 1 is 1.59 bits per heavy atom. The standard InChI is InChI=1S/C12H12N2O2S/c1-2-3-8-4-5-10-9(6-8)14-11(17-10)7-13-12(15)16/h2,4-6,13H,1,3,7H2,(H,15,16). The molecule has 0 unspecified atom stereocenters. The fourth-order valence-corrected chi connectivity index (χ4v) is 2.43. The van der Waals surface area contributed by atoms with Crippen molar-refractivity contribution in [2.24, 2.45) is 0 Å². The van der Waals surface area contributed by atoms with Crippen LogP contribution in [0.25, 0.3) is 10.2 Å². The van der Waals surface area contributed by atoms with Crippen LogP contribution >= 0.6 is 11.3 Å². The molecular weight excluding hydrogens is 236 g/mol. The number of nitrogens with zero attached hydrogens (tertiary/aromatic N) is 1. The molecule has 0 bridgehead atoms. The summed E-state index contributed by atoms with van der Waals surface area (Å²) in [5.74, 6) is 0. The van der Waals surface area contributed by atoms with Crippen molar-refractivity contribution in [3.05, 3.63) is 41.4 Å². The molecule has 0 fully saturated rings. The summed E-state index contributed by atoms with van der Waals surface area (Å²) in [5, 5.41) is 11.6. The highest BCUT2D eigenvalue weighted by atomic mass is 32.1. The number of aromatic nitrogens is 1. The first kappa shape index (κ1) is 11.6. The largest absolute Gasteiger partial charge is 0.465 e. The normalized spacial score (nSPS) is 10.4. The van der Waals surface area contributed by atoms with Gasteiger partial charge < -0.3 is 10.4 Å². The molecule has 17 heavy (non-hydrogen) atoms. The number of thiazole rings is 1. The molecule has 0 aliphatic rings. The maximum atomic E-state index is 10.4. The van der Waals surface area contributed by atoms with Crippen molar-refractivity contribution < 1.29 is 9.90 Å². The third-order valence-electron chi connectivity index (χ3n) is 2.27. The lowest BCUT2D eigenvalue weighted by Crippen LogP contribution is -2.19. The maximum Gasteiger partial charge on any atom is 0.405 e. The van der Waals surface area contributed by atoms with E-state index >= 15 is 0 Å². The number of nitrogens with one attached hydrogen (secondary N) is 1. The molecule has 2 N–H and O–H groups in total. The average Bonchev–Trinajstić information content (AvgIpc) is 2.69. The van der Waals surface area contributed by atoms with E-state index < -0.39 is 6.09 Å². The van der Waals surface area contributed by atoms with Gasteiger partial charge in [0.2, 0.25) is 0 Å². The number of allylic oxidation sites excluding steroid dienone is 1. The molecule has 1 aromatic heterocycles. The van der Waals surface area contributed by atoms with Crippen molar-refractivity contribution in [1.82, 2.24) is 10.3 Å². The quantitative estimate of drug-likeness (QED) is 0.818. The molecule has 2 aromatic rings. The topological polar surface area (TPSA) is 62.2 Å². The monoisotopic (exact) mass is 248 g/mol. The van der Waals surface area contributed by atoms with Crippen molar-refractivity contribution in [3.63, 3.8) is 0 Å². The number of carbonyl (C=O) groups is 1. The maximum absolute atomic E-state index is 10.4. The van der Waals surface area contributed by atoms with Gasteiger partial charge in [0.25, 0.3) is 0 Å². The lowest BCUT2D eigenvalue weighted by Gasteiger charge is -1.94. The van der Waals surface area contributed by atoms with Crippen LogP contribution in [0, 0.1) is 0 Å². The minimum absolute atomic E-state index is 0.255. The van der Waals surface area contributed by atoms with Crippen molar-refractivity contribution in [2.45, 2.75) is 13.0 Å². The molecule has 4 nitrogen and oxygen atoms in total. The summed E-state index contributed by atoms with van der Waals surface area (Å²) in [7, 11) is 0. The number of hydrogen-bond donors (Lipinski definition) is 2. The van der Waals surface area contributed by atoms with Crippen molar-refractivity contribution in [2.75, 3.05) is 0 Å². The Hall–Kier alpha value is -1.88. The summed E-state index contributed by atoms with van der Waals surface area (Å²) in [4.78, 5) is 14.8. The summed E-state index contributed by atoms with van der Waals surface area (Å²) < 4.78 is 1.07. The summed E-state index contributed by atoms with van der Waals surface area (Å²) in [6, 6.07) is 6.06. The van der Waals surface area contributed by atoms with Crippen LogP contribution in [0.5, 0.6) is 0 Å². The van der Waals surface area contributed by atoms with Gasteiger partial charge >= 0.3 is 6.09 Å².